The number of ether oxygens (including phenoxy) is 1. The lowest BCUT2D eigenvalue weighted by molar-refractivity contribution is -0.130. The van der Waals surface area contributed by atoms with Gasteiger partial charge >= 0.3 is 0 Å². The first-order valence-corrected chi connectivity index (χ1v) is 6.48. The van der Waals surface area contributed by atoms with Crippen LogP contribution in [0.1, 0.15) is 12.8 Å². The molecule has 1 fully saturated rings. The molecular weight excluding hydrogens is 291 g/mol. The lowest BCUT2D eigenvalue weighted by atomic mass is 10.3. The van der Waals surface area contributed by atoms with E-state index < -0.39 is 5.91 Å². The summed E-state index contributed by atoms with van der Waals surface area (Å²) in [6.45, 7) is -0.244. The van der Waals surface area contributed by atoms with Crippen molar-refractivity contribution in [2.45, 2.75) is 12.8 Å². The molecule has 0 atom stereocenters. The van der Waals surface area contributed by atoms with Crippen molar-refractivity contribution >= 4 is 35.0 Å². The number of carbonyl (C=O) groups is 2. The molecule has 0 unspecified atom stereocenters. The third-order valence-electron chi connectivity index (χ3n) is 2.53. The highest BCUT2D eigenvalue weighted by molar-refractivity contribution is 6.35. The van der Waals surface area contributed by atoms with E-state index in [0.717, 1.165) is 12.8 Å². The molecule has 1 saturated carbocycles. The summed E-state index contributed by atoms with van der Waals surface area (Å²) in [5.74, 6) is -0.237. The van der Waals surface area contributed by atoms with Crippen molar-refractivity contribution in [3.63, 3.8) is 0 Å². The minimum absolute atomic E-state index is 0.0342. The Bertz CT molecular complexity index is 504. The number of carbonyl (C=O) groups excluding carboxylic acids is 2. The summed E-state index contributed by atoms with van der Waals surface area (Å²) in [5, 5.41) is 0.806. The molecule has 19 heavy (non-hydrogen) atoms. The molecular formula is C12H12Cl2N2O3. The topological polar surface area (TPSA) is 67.4 Å². The van der Waals surface area contributed by atoms with Crippen LogP contribution in [0.4, 0.5) is 0 Å². The molecule has 2 amide bonds. The molecule has 0 radical (unpaired) electrons. The first-order chi connectivity index (χ1) is 9.06. The van der Waals surface area contributed by atoms with E-state index in [1.807, 2.05) is 0 Å². The maximum Gasteiger partial charge on any atom is 0.276 e. The third-order valence-corrected chi connectivity index (χ3v) is 3.06. The summed E-state index contributed by atoms with van der Waals surface area (Å²) in [6.07, 6.45) is 1.75. The largest absolute Gasteiger partial charge is 0.482 e. The number of nitrogens with one attached hydrogen (secondary N) is 2. The molecule has 0 heterocycles. The van der Waals surface area contributed by atoms with E-state index in [0.29, 0.717) is 15.8 Å². The van der Waals surface area contributed by atoms with Crippen LogP contribution in [-0.2, 0) is 9.59 Å². The van der Waals surface area contributed by atoms with Gasteiger partial charge in [0, 0.05) is 10.9 Å². The average Bonchev–Trinajstić information content (AvgIpc) is 3.19. The van der Waals surface area contributed by atoms with Gasteiger partial charge in [-0.1, -0.05) is 23.2 Å². The summed E-state index contributed by atoms with van der Waals surface area (Å²) in [5.41, 5.74) is 4.60. The molecule has 0 spiro atoms. The maximum atomic E-state index is 11.4. The second kappa shape index (κ2) is 6.12. The number of hydrazine groups is 1. The number of amides is 2. The van der Waals surface area contributed by atoms with Crippen molar-refractivity contribution in [3.8, 4) is 5.75 Å². The zero-order chi connectivity index (χ0) is 13.8. The molecule has 2 N–H and O–H groups in total. The van der Waals surface area contributed by atoms with Gasteiger partial charge in [0.2, 0.25) is 5.91 Å². The summed E-state index contributed by atoms with van der Waals surface area (Å²) in [4.78, 5) is 22.7. The van der Waals surface area contributed by atoms with Gasteiger partial charge in [0.1, 0.15) is 5.75 Å². The molecule has 5 nitrogen and oxygen atoms in total. The normalized spacial score (nSPS) is 13.8. The molecule has 1 aliphatic carbocycles. The van der Waals surface area contributed by atoms with E-state index in [9.17, 15) is 9.59 Å². The smallest absolute Gasteiger partial charge is 0.276 e. The zero-order valence-corrected chi connectivity index (χ0v) is 11.4. The van der Waals surface area contributed by atoms with Crippen molar-refractivity contribution < 1.29 is 14.3 Å². The molecule has 0 aliphatic heterocycles. The summed E-state index contributed by atoms with van der Waals surface area (Å²) in [6, 6.07) is 4.70. The number of hydrogen-bond acceptors (Lipinski definition) is 3. The fourth-order valence-electron chi connectivity index (χ4n) is 1.35. The molecule has 102 valence electrons. The standard InChI is InChI=1S/C12H12Cl2N2O3/c13-8-3-4-10(9(14)5-8)19-6-11(17)15-16-12(18)7-1-2-7/h3-5,7H,1-2,6H2,(H,15,17)(H,16,18). The Balaban J connectivity index is 1.74. The summed E-state index contributed by atoms with van der Waals surface area (Å²) >= 11 is 11.6. The van der Waals surface area contributed by atoms with Gasteiger partial charge in [-0.15, -0.1) is 0 Å². The molecule has 7 heteroatoms. The van der Waals surface area contributed by atoms with Gasteiger partial charge < -0.3 is 4.74 Å². The Morgan fingerprint density at radius 3 is 2.63 bits per heavy atom. The molecule has 0 aromatic heterocycles. The fourth-order valence-corrected chi connectivity index (χ4v) is 1.81. The van der Waals surface area contributed by atoms with Crippen LogP contribution in [-0.4, -0.2) is 18.4 Å². The van der Waals surface area contributed by atoms with Gasteiger partial charge in [0.15, 0.2) is 6.61 Å². The van der Waals surface area contributed by atoms with Crippen molar-refractivity contribution in [2.24, 2.45) is 5.92 Å². The lowest BCUT2D eigenvalue weighted by Gasteiger charge is -2.09. The Labute approximate surface area is 120 Å². The minimum Gasteiger partial charge on any atom is -0.482 e. The van der Waals surface area contributed by atoms with Crippen molar-refractivity contribution in [1.29, 1.82) is 0 Å². The number of hydrogen-bond donors (Lipinski definition) is 2. The summed E-state index contributed by atoms with van der Waals surface area (Å²) < 4.78 is 5.21. The van der Waals surface area contributed by atoms with Gasteiger partial charge in [0.05, 0.1) is 5.02 Å². The van der Waals surface area contributed by atoms with E-state index in [1.54, 1.807) is 12.1 Å². The Morgan fingerprint density at radius 2 is 2.00 bits per heavy atom. The van der Waals surface area contributed by atoms with E-state index >= 15 is 0 Å². The first-order valence-electron chi connectivity index (χ1n) is 5.73. The monoisotopic (exact) mass is 302 g/mol. The van der Waals surface area contributed by atoms with Crippen molar-refractivity contribution in [1.82, 2.24) is 10.9 Å². The van der Waals surface area contributed by atoms with E-state index in [-0.39, 0.29) is 18.4 Å². The van der Waals surface area contributed by atoms with Crippen LogP contribution in [0.25, 0.3) is 0 Å². The molecule has 2 rings (SSSR count). The van der Waals surface area contributed by atoms with Crippen LogP contribution in [0.3, 0.4) is 0 Å². The van der Waals surface area contributed by atoms with Crippen molar-refractivity contribution in [3.05, 3.63) is 28.2 Å². The van der Waals surface area contributed by atoms with Crippen LogP contribution in [0.5, 0.6) is 5.75 Å². The van der Waals surface area contributed by atoms with Crippen LogP contribution in [0.15, 0.2) is 18.2 Å². The first kappa shape index (κ1) is 14.0. The number of benzene rings is 1. The Morgan fingerprint density at radius 1 is 1.26 bits per heavy atom. The van der Waals surface area contributed by atoms with E-state index in [1.165, 1.54) is 6.07 Å². The van der Waals surface area contributed by atoms with E-state index in [2.05, 4.69) is 10.9 Å². The molecule has 0 saturated heterocycles. The predicted octanol–water partition coefficient (Wildman–Crippen LogP) is 1.93. The second-order valence-electron chi connectivity index (χ2n) is 4.18. The Kier molecular flexibility index (Phi) is 4.50. The van der Waals surface area contributed by atoms with E-state index in [4.69, 9.17) is 27.9 Å². The van der Waals surface area contributed by atoms with Crippen LogP contribution in [0.2, 0.25) is 10.0 Å². The summed E-state index contributed by atoms with van der Waals surface area (Å²) in [7, 11) is 0. The van der Waals surface area contributed by atoms with Crippen LogP contribution in [0, 0.1) is 5.92 Å². The van der Waals surface area contributed by atoms with Crippen LogP contribution < -0.4 is 15.6 Å². The number of rotatable bonds is 4. The van der Waals surface area contributed by atoms with Gasteiger partial charge in [-0.25, -0.2) is 0 Å². The van der Waals surface area contributed by atoms with Crippen LogP contribution >= 0.6 is 23.2 Å². The zero-order valence-electron chi connectivity index (χ0n) is 9.91. The molecule has 1 aromatic rings. The fraction of sp³-hybridized carbons (Fsp3) is 0.333. The number of halogens is 2. The molecule has 1 aromatic carbocycles. The lowest BCUT2D eigenvalue weighted by Crippen LogP contribution is -2.44. The highest BCUT2D eigenvalue weighted by atomic mass is 35.5. The average molecular weight is 303 g/mol. The molecule has 0 bridgehead atoms. The van der Waals surface area contributed by atoms with Gasteiger partial charge in [-0.3, -0.25) is 20.4 Å². The van der Waals surface area contributed by atoms with Crippen molar-refractivity contribution in [2.75, 3.05) is 6.61 Å². The SMILES string of the molecule is O=C(COc1ccc(Cl)cc1Cl)NNC(=O)C1CC1. The Hall–Kier alpha value is -1.46. The van der Waals surface area contributed by atoms with Gasteiger partial charge in [0.25, 0.3) is 5.91 Å². The highest BCUT2D eigenvalue weighted by Crippen LogP contribution is 2.28. The second-order valence-corrected chi connectivity index (χ2v) is 5.02. The quantitative estimate of drug-likeness (QED) is 0.835. The third kappa shape index (κ3) is 4.29. The van der Waals surface area contributed by atoms with Gasteiger partial charge in [-0.05, 0) is 31.0 Å². The maximum absolute atomic E-state index is 11.4. The van der Waals surface area contributed by atoms with Gasteiger partial charge in [-0.2, -0.15) is 0 Å². The molecule has 1 aliphatic rings. The minimum atomic E-state index is -0.458. The predicted molar refractivity (Wildman–Crippen MR) is 71.0 cm³/mol. The highest BCUT2D eigenvalue weighted by Gasteiger charge is 2.29.